The lowest BCUT2D eigenvalue weighted by atomic mass is 10.1. The Morgan fingerprint density at radius 1 is 1.20 bits per heavy atom. The first-order valence-corrected chi connectivity index (χ1v) is 6.28. The monoisotopic (exact) mass is 268 g/mol. The van der Waals surface area contributed by atoms with Crippen LogP contribution >= 0.6 is 0 Å². The predicted molar refractivity (Wildman–Crippen MR) is 79.5 cm³/mol. The highest BCUT2D eigenvalue weighted by Crippen LogP contribution is 2.06. The zero-order chi connectivity index (χ0) is 14.4. The highest BCUT2D eigenvalue weighted by Gasteiger charge is 2.07. The summed E-state index contributed by atoms with van der Waals surface area (Å²) in [6, 6.07) is 13.3. The first-order chi connectivity index (χ1) is 9.65. The molecule has 0 atom stereocenters. The van der Waals surface area contributed by atoms with E-state index < -0.39 is 0 Å². The number of hydrogen-bond donors (Lipinski definition) is 1. The lowest BCUT2D eigenvalue weighted by Crippen LogP contribution is -2.16. The minimum atomic E-state index is -0.359. The summed E-state index contributed by atoms with van der Waals surface area (Å²) < 4.78 is 5.20. The fourth-order valence-electron chi connectivity index (χ4n) is 1.65. The summed E-state index contributed by atoms with van der Waals surface area (Å²) in [6.07, 6.45) is 3.58. The third-order valence-corrected chi connectivity index (χ3v) is 2.59. The standard InChI is InChI=1S/C16H16N2O2/c1-12(10-14-6-4-3-5-7-14)11-17-18-16(19)15-9-8-13(2)20-15/h3-11H,1-2H3,(H,18,19)/b12-10+,17-11+. The highest BCUT2D eigenvalue weighted by molar-refractivity contribution is 5.92. The molecule has 0 bridgehead atoms. The van der Waals surface area contributed by atoms with E-state index >= 15 is 0 Å². The smallest absolute Gasteiger partial charge is 0.307 e. The summed E-state index contributed by atoms with van der Waals surface area (Å²) in [6.45, 7) is 3.70. The van der Waals surface area contributed by atoms with Crippen LogP contribution in [0.3, 0.4) is 0 Å². The van der Waals surface area contributed by atoms with Crippen molar-refractivity contribution in [2.45, 2.75) is 13.8 Å². The number of allylic oxidation sites excluding steroid dienone is 1. The molecule has 1 aromatic heterocycles. The SMILES string of the molecule is CC(/C=N/NC(=O)c1ccc(C)o1)=C\c1ccccc1. The summed E-state index contributed by atoms with van der Waals surface area (Å²) in [5, 5.41) is 3.90. The molecule has 0 radical (unpaired) electrons. The van der Waals surface area contributed by atoms with Crippen molar-refractivity contribution in [3.05, 3.63) is 65.1 Å². The van der Waals surface area contributed by atoms with E-state index in [-0.39, 0.29) is 11.7 Å². The lowest BCUT2D eigenvalue weighted by Gasteiger charge is -1.96. The van der Waals surface area contributed by atoms with Crippen molar-refractivity contribution in [3.63, 3.8) is 0 Å². The Balaban J connectivity index is 1.93. The van der Waals surface area contributed by atoms with Gasteiger partial charge in [-0.15, -0.1) is 0 Å². The number of benzene rings is 1. The third-order valence-electron chi connectivity index (χ3n) is 2.59. The van der Waals surface area contributed by atoms with Crippen LogP contribution in [-0.4, -0.2) is 12.1 Å². The summed E-state index contributed by atoms with van der Waals surface area (Å²) in [7, 11) is 0. The molecule has 4 heteroatoms. The number of aryl methyl sites for hydroxylation is 1. The average molecular weight is 268 g/mol. The minimum Gasteiger partial charge on any atom is -0.456 e. The summed E-state index contributed by atoms with van der Waals surface area (Å²) >= 11 is 0. The van der Waals surface area contributed by atoms with Crippen molar-refractivity contribution in [1.29, 1.82) is 0 Å². The van der Waals surface area contributed by atoms with Gasteiger partial charge in [0.1, 0.15) is 5.76 Å². The molecule has 1 heterocycles. The van der Waals surface area contributed by atoms with Crippen LogP contribution in [0, 0.1) is 6.92 Å². The maximum Gasteiger partial charge on any atom is 0.307 e. The van der Waals surface area contributed by atoms with Gasteiger partial charge >= 0.3 is 5.91 Å². The van der Waals surface area contributed by atoms with E-state index in [0.717, 1.165) is 11.1 Å². The zero-order valence-corrected chi connectivity index (χ0v) is 11.5. The number of hydrogen-bond acceptors (Lipinski definition) is 3. The van der Waals surface area contributed by atoms with Gasteiger partial charge < -0.3 is 4.42 Å². The number of nitrogens with zero attached hydrogens (tertiary/aromatic N) is 1. The number of nitrogens with one attached hydrogen (secondary N) is 1. The van der Waals surface area contributed by atoms with Crippen molar-refractivity contribution in [2.75, 3.05) is 0 Å². The number of hydrazone groups is 1. The van der Waals surface area contributed by atoms with Crippen molar-refractivity contribution in [3.8, 4) is 0 Å². The van der Waals surface area contributed by atoms with Gasteiger partial charge in [0.05, 0.1) is 6.21 Å². The van der Waals surface area contributed by atoms with Gasteiger partial charge in [0.15, 0.2) is 5.76 Å². The van der Waals surface area contributed by atoms with Gasteiger partial charge in [-0.05, 0) is 37.1 Å². The van der Waals surface area contributed by atoms with E-state index in [2.05, 4.69) is 10.5 Å². The minimum absolute atomic E-state index is 0.254. The molecule has 102 valence electrons. The van der Waals surface area contributed by atoms with Gasteiger partial charge in [-0.3, -0.25) is 4.79 Å². The molecule has 0 fully saturated rings. The van der Waals surface area contributed by atoms with Gasteiger partial charge in [0.25, 0.3) is 0 Å². The molecule has 0 saturated carbocycles. The van der Waals surface area contributed by atoms with Crippen LogP contribution in [0.4, 0.5) is 0 Å². The van der Waals surface area contributed by atoms with E-state index in [0.29, 0.717) is 5.76 Å². The Labute approximate surface area is 117 Å². The fourth-order valence-corrected chi connectivity index (χ4v) is 1.65. The number of carbonyl (C=O) groups is 1. The normalized spacial score (nSPS) is 11.8. The first-order valence-electron chi connectivity index (χ1n) is 6.28. The molecule has 1 N–H and O–H groups in total. The molecule has 1 amide bonds. The second kappa shape index (κ2) is 6.52. The molecular weight excluding hydrogens is 252 g/mol. The Morgan fingerprint density at radius 3 is 2.60 bits per heavy atom. The van der Waals surface area contributed by atoms with Crippen LogP contribution in [0.5, 0.6) is 0 Å². The topological polar surface area (TPSA) is 54.6 Å². The third kappa shape index (κ3) is 3.95. The first kappa shape index (κ1) is 13.8. The van der Waals surface area contributed by atoms with Crippen LogP contribution in [-0.2, 0) is 0 Å². The molecule has 0 spiro atoms. The molecule has 20 heavy (non-hydrogen) atoms. The Morgan fingerprint density at radius 2 is 1.95 bits per heavy atom. The predicted octanol–water partition coefficient (Wildman–Crippen LogP) is 3.41. The molecule has 0 aliphatic rings. The van der Waals surface area contributed by atoms with Gasteiger partial charge in [-0.25, -0.2) is 5.43 Å². The molecule has 0 unspecified atom stereocenters. The Kier molecular flexibility index (Phi) is 4.50. The second-order valence-corrected chi connectivity index (χ2v) is 4.41. The maximum absolute atomic E-state index is 11.7. The summed E-state index contributed by atoms with van der Waals surface area (Å²) in [5.74, 6) is 0.588. The number of furan rings is 1. The lowest BCUT2D eigenvalue weighted by molar-refractivity contribution is 0.0926. The van der Waals surface area contributed by atoms with Crippen molar-refractivity contribution < 1.29 is 9.21 Å². The number of amides is 1. The second-order valence-electron chi connectivity index (χ2n) is 4.41. The van der Waals surface area contributed by atoms with E-state index in [1.165, 1.54) is 0 Å². The van der Waals surface area contributed by atoms with E-state index in [4.69, 9.17) is 4.42 Å². The van der Waals surface area contributed by atoms with Crippen molar-refractivity contribution >= 4 is 18.2 Å². The van der Waals surface area contributed by atoms with Gasteiger partial charge in [0, 0.05) is 0 Å². The number of rotatable bonds is 4. The van der Waals surface area contributed by atoms with Crippen LogP contribution in [0.2, 0.25) is 0 Å². The van der Waals surface area contributed by atoms with Crippen molar-refractivity contribution in [2.24, 2.45) is 5.10 Å². The molecule has 1 aromatic carbocycles. The molecule has 2 aromatic rings. The fraction of sp³-hybridized carbons (Fsp3) is 0.125. The highest BCUT2D eigenvalue weighted by atomic mass is 16.3. The molecule has 4 nitrogen and oxygen atoms in total. The Hall–Kier alpha value is -2.62. The van der Waals surface area contributed by atoms with Crippen LogP contribution < -0.4 is 5.43 Å². The van der Waals surface area contributed by atoms with Gasteiger partial charge in [0.2, 0.25) is 0 Å². The summed E-state index contributed by atoms with van der Waals surface area (Å²) in [5.41, 5.74) is 4.45. The van der Waals surface area contributed by atoms with Crippen molar-refractivity contribution in [1.82, 2.24) is 5.43 Å². The molecule has 0 aliphatic heterocycles. The zero-order valence-electron chi connectivity index (χ0n) is 11.5. The summed E-state index contributed by atoms with van der Waals surface area (Å²) in [4.78, 5) is 11.7. The van der Waals surface area contributed by atoms with Crippen LogP contribution in [0.1, 0.15) is 28.8 Å². The molecular formula is C16H16N2O2. The molecule has 0 aliphatic carbocycles. The van der Waals surface area contributed by atoms with Gasteiger partial charge in [-0.2, -0.15) is 5.10 Å². The average Bonchev–Trinajstić information content (AvgIpc) is 2.86. The molecule has 0 saturated heterocycles. The van der Waals surface area contributed by atoms with E-state index in [1.807, 2.05) is 43.3 Å². The Bertz CT molecular complexity index is 640. The maximum atomic E-state index is 11.7. The number of carbonyl (C=O) groups excluding carboxylic acids is 1. The molecule has 2 rings (SSSR count). The van der Waals surface area contributed by atoms with Crippen LogP contribution in [0.25, 0.3) is 6.08 Å². The van der Waals surface area contributed by atoms with Gasteiger partial charge in [-0.1, -0.05) is 36.4 Å². The van der Waals surface area contributed by atoms with E-state index in [1.54, 1.807) is 25.3 Å². The van der Waals surface area contributed by atoms with E-state index in [9.17, 15) is 4.79 Å². The van der Waals surface area contributed by atoms with Crippen LogP contribution in [0.15, 0.2) is 57.6 Å². The largest absolute Gasteiger partial charge is 0.456 e. The quantitative estimate of drug-likeness (QED) is 0.682.